The first-order valence-electron chi connectivity index (χ1n) is 4.88. The van der Waals surface area contributed by atoms with Crippen LogP contribution in [0.5, 0.6) is 0 Å². The van der Waals surface area contributed by atoms with E-state index in [1.165, 1.54) is 17.6 Å². The fourth-order valence-electron chi connectivity index (χ4n) is 1.13. The van der Waals surface area contributed by atoms with Crippen LogP contribution in [0.25, 0.3) is 0 Å². The van der Waals surface area contributed by atoms with Crippen LogP contribution in [0, 0.1) is 0 Å². The molecule has 2 aromatic rings. The van der Waals surface area contributed by atoms with Crippen molar-refractivity contribution in [3.63, 3.8) is 0 Å². The Kier molecular flexibility index (Phi) is 4.11. The molecule has 2 aromatic heterocycles. The van der Waals surface area contributed by atoms with E-state index in [-0.39, 0.29) is 6.54 Å². The van der Waals surface area contributed by atoms with Gasteiger partial charge in [-0.15, -0.1) is 0 Å². The summed E-state index contributed by atoms with van der Waals surface area (Å²) in [5, 5.41) is 5.18. The number of thiazole rings is 1. The first-order valence-corrected chi connectivity index (χ1v) is 6.49. The van der Waals surface area contributed by atoms with E-state index in [0.717, 1.165) is 3.79 Å². The normalized spacial score (nSPS) is 10.1. The molecule has 18 heavy (non-hydrogen) atoms. The number of nitrogens with zero attached hydrogens (tertiary/aromatic N) is 1. The highest BCUT2D eigenvalue weighted by Gasteiger charge is 2.15. The number of carbonyl (C=O) groups excluding carboxylic acids is 2. The van der Waals surface area contributed by atoms with Crippen LogP contribution < -0.4 is 10.6 Å². The van der Waals surface area contributed by atoms with Gasteiger partial charge in [-0.3, -0.25) is 14.9 Å². The molecule has 0 bridgehead atoms. The molecular formula is C10H8BrN3O3S. The Hall–Kier alpha value is -1.67. The van der Waals surface area contributed by atoms with Crippen molar-refractivity contribution in [2.45, 2.75) is 6.54 Å². The third-order valence-corrected chi connectivity index (χ3v) is 3.30. The molecule has 0 fully saturated rings. The Morgan fingerprint density at radius 3 is 2.89 bits per heavy atom. The van der Waals surface area contributed by atoms with Gasteiger partial charge in [0, 0.05) is 0 Å². The highest BCUT2D eigenvalue weighted by molar-refractivity contribution is 9.11. The average Bonchev–Trinajstić information content (AvgIpc) is 2.97. The molecule has 0 aromatic carbocycles. The quantitative estimate of drug-likeness (QED) is 0.840. The number of rotatable bonds is 3. The molecule has 2 N–H and O–H groups in total. The van der Waals surface area contributed by atoms with Crippen LogP contribution >= 0.6 is 27.3 Å². The standard InChI is InChI=1S/C10H8BrN3O3S/c11-7-5-13-10(18-7)14-9(16)8(15)12-4-6-2-1-3-17-6/h1-3,5H,4H2,(H,12,15)(H,13,14,16). The molecule has 0 unspecified atom stereocenters. The molecule has 2 amide bonds. The average molecular weight is 330 g/mol. The van der Waals surface area contributed by atoms with E-state index >= 15 is 0 Å². The van der Waals surface area contributed by atoms with E-state index in [1.54, 1.807) is 18.3 Å². The second-order valence-corrected chi connectivity index (χ2v) is 5.60. The van der Waals surface area contributed by atoms with Crippen molar-refractivity contribution >= 4 is 44.2 Å². The third kappa shape index (κ3) is 3.41. The van der Waals surface area contributed by atoms with Crippen LogP contribution in [0.15, 0.2) is 32.8 Å². The highest BCUT2D eigenvalue weighted by Crippen LogP contribution is 2.22. The lowest BCUT2D eigenvalue weighted by Gasteiger charge is -2.02. The summed E-state index contributed by atoms with van der Waals surface area (Å²) in [4.78, 5) is 26.8. The number of nitrogens with one attached hydrogen (secondary N) is 2. The van der Waals surface area contributed by atoms with Crippen molar-refractivity contribution < 1.29 is 14.0 Å². The van der Waals surface area contributed by atoms with Gasteiger partial charge in [-0.1, -0.05) is 11.3 Å². The number of hydrogen-bond acceptors (Lipinski definition) is 5. The fourth-order valence-corrected chi connectivity index (χ4v) is 2.23. The zero-order valence-electron chi connectivity index (χ0n) is 8.97. The van der Waals surface area contributed by atoms with Gasteiger partial charge in [0.15, 0.2) is 5.13 Å². The lowest BCUT2D eigenvalue weighted by molar-refractivity contribution is -0.136. The number of hydrogen-bond donors (Lipinski definition) is 2. The zero-order chi connectivity index (χ0) is 13.0. The molecule has 0 radical (unpaired) electrons. The first kappa shape index (κ1) is 12.8. The van der Waals surface area contributed by atoms with E-state index in [9.17, 15) is 9.59 Å². The van der Waals surface area contributed by atoms with Crippen molar-refractivity contribution in [1.29, 1.82) is 0 Å². The molecule has 8 heteroatoms. The smallest absolute Gasteiger partial charge is 0.315 e. The van der Waals surface area contributed by atoms with Crippen molar-refractivity contribution in [3.8, 4) is 0 Å². The Labute approximate surface area is 115 Å². The summed E-state index contributed by atoms with van der Waals surface area (Å²) in [5.41, 5.74) is 0. The SMILES string of the molecule is O=C(NCc1ccco1)C(=O)Nc1ncc(Br)s1. The van der Waals surface area contributed by atoms with E-state index in [1.807, 2.05) is 0 Å². The van der Waals surface area contributed by atoms with E-state index < -0.39 is 11.8 Å². The van der Waals surface area contributed by atoms with Crippen LogP contribution in [0.4, 0.5) is 5.13 Å². The molecule has 2 heterocycles. The minimum Gasteiger partial charge on any atom is -0.467 e. The summed E-state index contributed by atoms with van der Waals surface area (Å²) >= 11 is 4.43. The monoisotopic (exact) mass is 329 g/mol. The van der Waals surface area contributed by atoms with Gasteiger partial charge >= 0.3 is 11.8 Å². The maximum atomic E-state index is 11.5. The lowest BCUT2D eigenvalue weighted by Crippen LogP contribution is -2.34. The summed E-state index contributed by atoms with van der Waals surface area (Å²) < 4.78 is 5.79. The van der Waals surface area contributed by atoms with Gasteiger partial charge in [0.2, 0.25) is 0 Å². The van der Waals surface area contributed by atoms with Crippen LogP contribution in [0.3, 0.4) is 0 Å². The molecule has 0 aliphatic carbocycles. The first-order chi connectivity index (χ1) is 8.65. The Morgan fingerprint density at radius 2 is 2.28 bits per heavy atom. The number of anilines is 1. The van der Waals surface area contributed by atoms with Gasteiger partial charge in [-0.25, -0.2) is 4.98 Å². The highest BCUT2D eigenvalue weighted by atomic mass is 79.9. The number of aromatic nitrogens is 1. The minimum absolute atomic E-state index is 0.167. The Bertz CT molecular complexity index is 552. The van der Waals surface area contributed by atoms with Gasteiger partial charge in [0.1, 0.15) is 5.76 Å². The molecule has 0 saturated carbocycles. The molecule has 6 nitrogen and oxygen atoms in total. The topological polar surface area (TPSA) is 84.2 Å². The van der Waals surface area contributed by atoms with Crippen molar-refractivity contribution in [2.24, 2.45) is 0 Å². The largest absolute Gasteiger partial charge is 0.467 e. The van der Waals surface area contributed by atoms with Crippen LogP contribution in [-0.4, -0.2) is 16.8 Å². The fraction of sp³-hybridized carbons (Fsp3) is 0.100. The van der Waals surface area contributed by atoms with E-state index in [2.05, 4.69) is 31.5 Å². The van der Waals surface area contributed by atoms with Gasteiger partial charge in [-0.2, -0.15) is 0 Å². The van der Waals surface area contributed by atoms with Crippen LogP contribution in [0.1, 0.15) is 5.76 Å². The molecule has 0 aliphatic rings. The molecule has 0 atom stereocenters. The minimum atomic E-state index is -0.761. The molecule has 0 saturated heterocycles. The predicted octanol–water partition coefficient (Wildman–Crippen LogP) is 1.75. The maximum absolute atomic E-state index is 11.5. The summed E-state index contributed by atoms with van der Waals surface area (Å²) in [6.45, 7) is 0.167. The molecule has 2 rings (SSSR count). The lowest BCUT2D eigenvalue weighted by atomic mass is 10.4. The molecule has 0 aliphatic heterocycles. The van der Waals surface area contributed by atoms with E-state index in [0.29, 0.717) is 10.9 Å². The molecule has 0 spiro atoms. The van der Waals surface area contributed by atoms with Crippen LogP contribution in [0.2, 0.25) is 0 Å². The Balaban J connectivity index is 1.83. The third-order valence-electron chi connectivity index (χ3n) is 1.91. The second-order valence-electron chi connectivity index (χ2n) is 3.19. The van der Waals surface area contributed by atoms with E-state index in [4.69, 9.17) is 4.42 Å². The van der Waals surface area contributed by atoms with Gasteiger partial charge in [0.05, 0.1) is 22.8 Å². The summed E-state index contributed by atoms with van der Waals surface area (Å²) in [5.74, 6) is -0.922. The maximum Gasteiger partial charge on any atom is 0.315 e. The van der Waals surface area contributed by atoms with Gasteiger partial charge in [0.25, 0.3) is 0 Å². The van der Waals surface area contributed by atoms with Gasteiger partial charge in [-0.05, 0) is 28.1 Å². The number of carbonyl (C=O) groups is 2. The number of furan rings is 1. The second kappa shape index (κ2) is 5.78. The number of amides is 2. The van der Waals surface area contributed by atoms with Crippen molar-refractivity contribution in [3.05, 3.63) is 34.1 Å². The summed E-state index contributed by atoms with van der Waals surface area (Å²) in [6.07, 6.45) is 3.04. The van der Waals surface area contributed by atoms with Gasteiger partial charge < -0.3 is 9.73 Å². The zero-order valence-corrected chi connectivity index (χ0v) is 11.4. The van der Waals surface area contributed by atoms with Crippen molar-refractivity contribution in [2.75, 3.05) is 5.32 Å². The van der Waals surface area contributed by atoms with Crippen molar-refractivity contribution in [1.82, 2.24) is 10.3 Å². The molecular weight excluding hydrogens is 322 g/mol. The Morgan fingerprint density at radius 1 is 1.44 bits per heavy atom. The molecule has 94 valence electrons. The predicted molar refractivity (Wildman–Crippen MR) is 69.0 cm³/mol. The van der Waals surface area contributed by atoms with Crippen LogP contribution in [-0.2, 0) is 16.1 Å². The summed E-state index contributed by atoms with van der Waals surface area (Å²) in [6, 6.07) is 3.41. The summed E-state index contributed by atoms with van der Waals surface area (Å²) in [7, 11) is 0. The number of halogens is 1.